The predicted octanol–water partition coefficient (Wildman–Crippen LogP) is 3.05. The first-order valence-electron chi connectivity index (χ1n) is 9.19. The Labute approximate surface area is 129 Å². The minimum absolute atomic E-state index is 0.330. The molecule has 3 fully saturated rings. The van der Waals surface area contributed by atoms with Crippen molar-refractivity contribution in [3.05, 3.63) is 0 Å². The molecule has 2 aliphatic carbocycles. The highest BCUT2D eigenvalue weighted by Crippen LogP contribution is 2.43. The van der Waals surface area contributed by atoms with Gasteiger partial charge < -0.3 is 10.2 Å². The number of hydrogen-bond acceptors (Lipinski definition) is 2. The number of nitrogens with one attached hydrogen (secondary N) is 1. The van der Waals surface area contributed by atoms with Crippen molar-refractivity contribution < 1.29 is 4.79 Å². The minimum Gasteiger partial charge on any atom is -0.345 e. The van der Waals surface area contributed by atoms with Gasteiger partial charge in [-0.3, -0.25) is 4.79 Å². The molecule has 0 aromatic rings. The number of rotatable bonds is 3. The second-order valence-electron chi connectivity index (χ2n) is 7.73. The molecule has 0 aromatic heterocycles. The minimum atomic E-state index is 0.330. The second kappa shape index (κ2) is 7.13. The molecule has 1 saturated heterocycles. The van der Waals surface area contributed by atoms with Crippen LogP contribution in [0.15, 0.2) is 0 Å². The summed E-state index contributed by atoms with van der Waals surface area (Å²) < 4.78 is 0. The van der Waals surface area contributed by atoms with Gasteiger partial charge in [-0.1, -0.05) is 25.7 Å². The third-order valence-electron chi connectivity index (χ3n) is 6.26. The molecule has 0 radical (unpaired) electrons. The Hall–Kier alpha value is -0.570. The Morgan fingerprint density at radius 2 is 1.71 bits per heavy atom. The molecule has 1 N–H and O–H groups in total. The standard InChI is InChI=1S/C18H32N2O/c1-20(13-14-8-10-19-11-9-14)18(21)17-7-6-15-4-2-3-5-16(15)12-17/h14-17,19H,2-13H2,1H3. The van der Waals surface area contributed by atoms with Gasteiger partial charge in [0.05, 0.1) is 0 Å². The number of nitrogens with zero attached hydrogens (tertiary/aromatic N) is 1. The van der Waals surface area contributed by atoms with E-state index in [9.17, 15) is 4.79 Å². The van der Waals surface area contributed by atoms with E-state index >= 15 is 0 Å². The van der Waals surface area contributed by atoms with Crippen molar-refractivity contribution in [1.29, 1.82) is 0 Å². The van der Waals surface area contributed by atoms with Crippen LogP contribution in [0.5, 0.6) is 0 Å². The number of hydrogen-bond donors (Lipinski definition) is 1. The van der Waals surface area contributed by atoms with E-state index in [-0.39, 0.29) is 0 Å². The zero-order valence-electron chi connectivity index (χ0n) is 13.7. The molecule has 3 atom stereocenters. The molecule has 2 saturated carbocycles. The monoisotopic (exact) mass is 292 g/mol. The molecule has 0 spiro atoms. The molecular formula is C18H32N2O. The van der Waals surface area contributed by atoms with Gasteiger partial charge in [0.1, 0.15) is 0 Å². The fourth-order valence-electron chi connectivity index (χ4n) is 4.95. The van der Waals surface area contributed by atoms with Crippen molar-refractivity contribution in [2.45, 2.75) is 57.8 Å². The highest BCUT2D eigenvalue weighted by Gasteiger charge is 2.36. The summed E-state index contributed by atoms with van der Waals surface area (Å²) in [7, 11) is 2.04. The van der Waals surface area contributed by atoms with E-state index in [2.05, 4.69) is 10.2 Å². The van der Waals surface area contributed by atoms with Gasteiger partial charge in [0.25, 0.3) is 0 Å². The zero-order chi connectivity index (χ0) is 14.7. The van der Waals surface area contributed by atoms with Crippen LogP contribution < -0.4 is 5.32 Å². The van der Waals surface area contributed by atoms with Crippen molar-refractivity contribution in [3.63, 3.8) is 0 Å². The lowest BCUT2D eigenvalue weighted by Gasteiger charge is -2.40. The second-order valence-corrected chi connectivity index (χ2v) is 7.73. The Morgan fingerprint density at radius 1 is 1.00 bits per heavy atom. The quantitative estimate of drug-likeness (QED) is 0.867. The number of carbonyl (C=O) groups is 1. The van der Waals surface area contributed by atoms with Gasteiger partial charge in [0, 0.05) is 19.5 Å². The summed E-state index contributed by atoms with van der Waals surface area (Å²) >= 11 is 0. The van der Waals surface area contributed by atoms with E-state index in [0.29, 0.717) is 17.7 Å². The number of carbonyl (C=O) groups excluding carboxylic acids is 1. The van der Waals surface area contributed by atoms with Crippen LogP contribution in [0.2, 0.25) is 0 Å². The zero-order valence-corrected chi connectivity index (χ0v) is 13.7. The number of fused-ring (bicyclic) bond motifs is 1. The van der Waals surface area contributed by atoms with Crippen LogP contribution in [0.25, 0.3) is 0 Å². The van der Waals surface area contributed by atoms with E-state index in [1.165, 1.54) is 51.4 Å². The molecule has 3 rings (SSSR count). The Kier molecular flexibility index (Phi) is 5.20. The highest BCUT2D eigenvalue weighted by atomic mass is 16.2. The molecule has 3 aliphatic rings. The van der Waals surface area contributed by atoms with Gasteiger partial charge in [-0.15, -0.1) is 0 Å². The maximum atomic E-state index is 12.8. The fourth-order valence-corrected chi connectivity index (χ4v) is 4.95. The largest absolute Gasteiger partial charge is 0.345 e. The van der Waals surface area contributed by atoms with Gasteiger partial charge in [-0.2, -0.15) is 0 Å². The third kappa shape index (κ3) is 3.80. The summed E-state index contributed by atoms with van der Waals surface area (Å²) in [5, 5.41) is 3.41. The van der Waals surface area contributed by atoms with Gasteiger partial charge in [-0.25, -0.2) is 0 Å². The summed E-state index contributed by atoms with van der Waals surface area (Å²) in [5.41, 5.74) is 0. The number of amides is 1. The molecule has 1 amide bonds. The Bertz CT molecular complexity index is 351. The van der Waals surface area contributed by atoms with Crippen LogP contribution in [0.1, 0.15) is 57.8 Å². The molecule has 120 valence electrons. The molecular weight excluding hydrogens is 260 g/mol. The summed E-state index contributed by atoms with van der Waals surface area (Å²) in [6.07, 6.45) is 11.7. The van der Waals surface area contributed by atoms with Crippen LogP contribution in [0.3, 0.4) is 0 Å². The van der Waals surface area contributed by atoms with Crippen molar-refractivity contribution in [2.75, 3.05) is 26.7 Å². The van der Waals surface area contributed by atoms with E-state index in [1.54, 1.807) is 0 Å². The first kappa shape index (κ1) is 15.3. The summed E-state index contributed by atoms with van der Waals surface area (Å²) in [5.74, 6) is 3.28. The lowest BCUT2D eigenvalue weighted by Crippen LogP contribution is -2.42. The highest BCUT2D eigenvalue weighted by molar-refractivity contribution is 5.78. The first-order chi connectivity index (χ1) is 10.2. The Morgan fingerprint density at radius 3 is 2.48 bits per heavy atom. The maximum Gasteiger partial charge on any atom is 0.225 e. The molecule has 3 heteroatoms. The Balaban J connectivity index is 1.49. The van der Waals surface area contributed by atoms with Crippen molar-refractivity contribution >= 4 is 5.91 Å². The lowest BCUT2D eigenvalue weighted by molar-refractivity contribution is -0.137. The molecule has 1 aliphatic heterocycles. The average Bonchev–Trinajstić information content (AvgIpc) is 2.54. The van der Waals surface area contributed by atoms with Gasteiger partial charge in [0.2, 0.25) is 5.91 Å². The normalized spacial score (nSPS) is 34.2. The molecule has 3 unspecified atom stereocenters. The molecule has 1 heterocycles. The molecule has 0 bridgehead atoms. The molecule has 21 heavy (non-hydrogen) atoms. The SMILES string of the molecule is CN(CC1CCNCC1)C(=O)C1CCC2CCCCC2C1. The van der Waals surface area contributed by atoms with Crippen LogP contribution in [0, 0.1) is 23.7 Å². The van der Waals surface area contributed by atoms with E-state index in [1.807, 2.05) is 7.05 Å². The summed E-state index contributed by atoms with van der Waals surface area (Å²) in [4.78, 5) is 14.8. The van der Waals surface area contributed by atoms with Crippen LogP contribution in [0.4, 0.5) is 0 Å². The third-order valence-corrected chi connectivity index (χ3v) is 6.26. The maximum absolute atomic E-state index is 12.8. The van der Waals surface area contributed by atoms with Crippen molar-refractivity contribution in [3.8, 4) is 0 Å². The van der Waals surface area contributed by atoms with Crippen LogP contribution in [-0.4, -0.2) is 37.5 Å². The number of piperidine rings is 1. The average molecular weight is 292 g/mol. The lowest BCUT2D eigenvalue weighted by atomic mass is 9.67. The van der Waals surface area contributed by atoms with Gasteiger partial charge >= 0.3 is 0 Å². The van der Waals surface area contributed by atoms with Crippen LogP contribution in [-0.2, 0) is 4.79 Å². The van der Waals surface area contributed by atoms with Crippen molar-refractivity contribution in [1.82, 2.24) is 10.2 Å². The predicted molar refractivity (Wildman–Crippen MR) is 86.0 cm³/mol. The molecule has 3 nitrogen and oxygen atoms in total. The fraction of sp³-hybridized carbons (Fsp3) is 0.944. The van der Waals surface area contributed by atoms with E-state index in [4.69, 9.17) is 0 Å². The van der Waals surface area contributed by atoms with Crippen molar-refractivity contribution in [2.24, 2.45) is 23.7 Å². The summed E-state index contributed by atoms with van der Waals surface area (Å²) in [6, 6.07) is 0. The molecule has 0 aromatic carbocycles. The van der Waals surface area contributed by atoms with E-state index < -0.39 is 0 Å². The van der Waals surface area contributed by atoms with Gasteiger partial charge in [-0.05, 0) is 62.9 Å². The van der Waals surface area contributed by atoms with Crippen LogP contribution >= 0.6 is 0 Å². The van der Waals surface area contributed by atoms with E-state index in [0.717, 1.165) is 37.9 Å². The van der Waals surface area contributed by atoms with Gasteiger partial charge in [0.15, 0.2) is 0 Å². The first-order valence-corrected chi connectivity index (χ1v) is 9.19. The summed E-state index contributed by atoms with van der Waals surface area (Å²) in [6.45, 7) is 3.23. The smallest absolute Gasteiger partial charge is 0.225 e. The topological polar surface area (TPSA) is 32.3 Å².